The smallest absolute Gasteiger partial charge is 0.223 e. The van der Waals surface area contributed by atoms with E-state index in [0.717, 1.165) is 42.7 Å². The third kappa shape index (κ3) is 4.05. The molecule has 0 saturated carbocycles. The lowest BCUT2D eigenvalue weighted by molar-refractivity contribution is -0.125. The Labute approximate surface area is 158 Å². The molecule has 1 N–H and O–H groups in total. The van der Waals surface area contributed by atoms with Crippen LogP contribution in [0.3, 0.4) is 0 Å². The van der Waals surface area contributed by atoms with Gasteiger partial charge in [0.2, 0.25) is 5.91 Å². The Morgan fingerprint density at radius 2 is 1.85 bits per heavy atom. The topological polar surface area (TPSA) is 71.0 Å². The number of pyridine rings is 1. The number of fused-ring (bicyclic) bond motifs is 1. The fraction of sp³-hybridized carbons (Fsp3) is 0.333. The van der Waals surface area contributed by atoms with Crippen molar-refractivity contribution in [1.82, 2.24) is 20.3 Å². The molecule has 1 amide bonds. The zero-order chi connectivity index (χ0) is 18.6. The number of nitrogens with one attached hydrogen (secondary N) is 1. The van der Waals surface area contributed by atoms with Crippen LogP contribution in [0, 0.1) is 12.8 Å². The average molecular weight is 361 g/mol. The van der Waals surface area contributed by atoms with E-state index in [1.807, 2.05) is 12.3 Å². The van der Waals surface area contributed by atoms with Gasteiger partial charge in [0.1, 0.15) is 5.52 Å². The summed E-state index contributed by atoms with van der Waals surface area (Å²) in [6.07, 6.45) is 6.86. The first-order valence-electron chi connectivity index (χ1n) is 9.34. The summed E-state index contributed by atoms with van der Waals surface area (Å²) < 4.78 is 0. The number of aromatic nitrogens is 3. The lowest BCUT2D eigenvalue weighted by Gasteiger charge is -2.32. The van der Waals surface area contributed by atoms with Crippen molar-refractivity contribution in [3.8, 4) is 0 Å². The summed E-state index contributed by atoms with van der Waals surface area (Å²) >= 11 is 0. The monoisotopic (exact) mass is 361 g/mol. The summed E-state index contributed by atoms with van der Waals surface area (Å²) in [4.78, 5) is 27.7. The van der Waals surface area contributed by atoms with Crippen LogP contribution in [0.5, 0.6) is 0 Å². The summed E-state index contributed by atoms with van der Waals surface area (Å²) in [5.41, 5.74) is 4.86. The molecular weight excluding hydrogens is 338 g/mol. The molecule has 2 aromatic heterocycles. The molecular formula is C21H23N5O. The number of rotatable bonds is 4. The Hall–Kier alpha value is -3.02. The number of amides is 1. The van der Waals surface area contributed by atoms with Crippen LogP contribution in [0.1, 0.15) is 24.0 Å². The molecule has 0 aliphatic carbocycles. The summed E-state index contributed by atoms with van der Waals surface area (Å²) in [5.74, 6) is 0.220. The predicted octanol–water partition coefficient (Wildman–Crippen LogP) is 2.87. The van der Waals surface area contributed by atoms with Gasteiger partial charge in [-0.3, -0.25) is 9.78 Å². The van der Waals surface area contributed by atoms with Gasteiger partial charge in [0.25, 0.3) is 0 Å². The number of aryl methyl sites for hydroxylation is 1. The first-order chi connectivity index (χ1) is 13.2. The summed E-state index contributed by atoms with van der Waals surface area (Å²) in [6.45, 7) is 4.34. The highest BCUT2D eigenvalue weighted by Gasteiger charge is 2.25. The maximum absolute atomic E-state index is 12.5. The van der Waals surface area contributed by atoms with Gasteiger partial charge in [-0.05, 0) is 31.4 Å². The van der Waals surface area contributed by atoms with E-state index < -0.39 is 0 Å². The molecule has 1 aliphatic rings. The zero-order valence-corrected chi connectivity index (χ0v) is 15.4. The largest absolute Gasteiger partial charge is 0.370 e. The van der Waals surface area contributed by atoms with Crippen molar-refractivity contribution in [3.63, 3.8) is 0 Å². The van der Waals surface area contributed by atoms with Gasteiger partial charge < -0.3 is 10.2 Å². The van der Waals surface area contributed by atoms with Gasteiger partial charge in [-0.2, -0.15) is 0 Å². The van der Waals surface area contributed by atoms with E-state index in [9.17, 15) is 4.79 Å². The minimum atomic E-state index is 0.0694. The van der Waals surface area contributed by atoms with Crippen molar-refractivity contribution in [1.29, 1.82) is 0 Å². The van der Waals surface area contributed by atoms with Gasteiger partial charge in [-0.25, -0.2) is 9.97 Å². The van der Waals surface area contributed by atoms with Crippen molar-refractivity contribution < 1.29 is 4.79 Å². The van der Waals surface area contributed by atoms with E-state index in [1.54, 1.807) is 12.4 Å². The molecule has 6 nitrogen and oxygen atoms in total. The van der Waals surface area contributed by atoms with E-state index in [-0.39, 0.29) is 11.8 Å². The van der Waals surface area contributed by atoms with Crippen LogP contribution in [0.2, 0.25) is 0 Å². The molecule has 6 heteroatoms. The van der Waals surface area contributed by atoms with Crippen molar-refractivity contribution in [3.05, 3.63) is 60.0 Å². The van der Waals surface area contributed by atoms with E-state index >= 15 is 0 Å². The quantitative estimate of drug-likeness (QED) is 0.774. The molecule has 3 heterocycles. The van der Waals surface area contributed by atoms with E-state index in [4.69, 9.17) is 0 Å². The fourth-order valence-corrected chi connectivity index (χ4v) is 3.46. The standard InChI is InChI=1S/C21H23N5O/c1-15-2-4-16(5-3-15)13-25-21(27)17-6-10-26(11-7-17)18-12-19-20(24-14-18)23-9-8-22-19/h2-5,8-9,12,14,17H,6-7,10-11,13H2,1H3,(H,25,27). The van der Waals surface area contributed by atoms with Crippen molar-refractivity contribution in [2.24, 2.45) is 5.92 Å². The summed E-state index contributed by atoms with van der Waals surface area (Å²) in [5, 5.41) is 3.08. The minimum Gasteiger partial charge on any atom is -0.370 e. The third-order valence-electron chi connectivity index (χ3n) is 5.13. The van der Waals surface area contributed by atoms with E-state index in [1.165, 1.54) is 5.56 Å². The van der Waals surface area contributed by atoms with Gasteiger partial charge in [0.15, 0.2) is 5.65 Å². The van der Waals surface area contributed by atoms with Crippen LogP contribution in [-0.2, 0) is 11.3 Å². The van der Waals surface area contributed by atoms with Crippen molar-refractivity contribution in [2.75, 3.05) is 18.0 Å². The maximum Gasteiger partial charge on any atom is 0.223 e. The summed E-state index contributed by atoms with van der Waals surface area (Å²) in [7, 11) is 0. The molecule has 138 valence electrons. The number of hydrogen-bond acceptors (Lipinski definition) is 5. The molecule has 27 heavy (non-hydrogen) atoms. The second-order valence-corrected chi connectivity index (χ2v) is 7.06. The number of hydrogen-bond donors (Lipinski definition) is 1. The Morgan fingerprint density at radius 1 is 1.11 bits per heavy atom. The second kappa shape index (κ2) is 7.70. The number of benzene rings is 1. The van der Waals surface area contributed by atoms with E-state index in [2.05, 4.69) is 56.4 Å². The molecule has 0 bridgehead atoms. The number of nitrogens with zero attached hydrogens (tertiary/aromatic N) is 4. The normalized spacial score (nSPS) is 15.1. The second-order valence-electron chi connectivity index (χ2n) is 7.06. The summed E-state index contributed by atoms with van der Waals surface area (Å²) in [6, 6.07) is 10.3. The Kier molecular flexibility index (Phi) is 4.96. The molecule has 3 aromatic rings. The third-order valence-corrected chi connectivity index (χ3v) is 5.13. The minimum absolute atomic E-state index is 0.0694. The maximum atomic E-state index is 12.5. The lowest BCUT2D eigenvalue weighted by Crippen LogP contribution is -2.40. The lowest BCUT2D eigenvalue weighted by atomic mass is 9.95. The van der Waals surface area contributed by atoms with E-state index in [0.29, 0.717) is 12.2 Å². The molecule has 0 spiro atoms. The van der Waals surface area contributed by atoms with Gasteiger partial charge in [0, 0.05) is 37.9 Å². The van der Waals surface area contributed by atoms with Gasteiger partial charge >= 0.3 is 0 Å². The first kappa shape index (κ1) is 17.4. The Bertz CT molecular complexity index is 933. The van der Waals surface area contributed by atoms with Crippen LogP contribution in [0.25, 0.3) is 11.2 Å². The molecule has 0 unspecified atom stereocenters. The van der Waals surface area contributed by atoms with Crippen LogP contribution in [0.15, 0.2) is 48.9 Å². The Balaban J connectivity index is 1.32. The van der Waals surface area contributed by atoms with Gasteiger partial charge in [-0.1, -0.05) is 29.8 Å². The van der Waals surface area contributed by atoms with Crippen LogP contribution in [0.4, 0.5) is 5.69 Å². The highest BCUT2D eigenvalue weighted by Crippen LogP contribution is 2.24. The first-order valence-corrected chi connectivity index (χ1v) is 9.34. The van der Waals surface area contributed by atoms with Crippen molar-refractivity contribution in [2.45, 2.75) is 26.3 Å². The average Bonchev–Trinajstić information content (AvgIpc) is 2.73. The molecule has 1 aliphatic heterocycles. The molecule has 1 aromatic carbocycles. The van der Waals surface area contributed by atoms with Gasteiger partial charge in [0.05, 0.1) is 11.9 Å². The fourth-order valence-electron chi connectivity index (χ4n) is 3.46. The number of carbonyl (C=O) groups is 1. The Morgan fingerprint density at radius 3 is 2.63 bits per heavy atom. The SMILES string of the molecule is Cc1ccc(CNC(=O)C2CCN(c3cnc4nccnc4c3)CC2)cc1. The van der Waals surface area contributed by atoms with Crippen LogP contribution < -0.4 is 10.2 Å². The zero-order valence-electron chi connectivity index (χ0n) is 15.4. The molecule has 1 saturated heterocycles. The van der Waals surface area contributed by atoms with Crippen LogP contribution >= 0.6 is 0 Å². The van der Waals surface area contributed by atoms with Crippen LogP contribution in [-0.4, -0.2) is 33.9 Å². The van der Waals surface area contributed by atoms with Crippen molar-refractivity contribution >= 4 is 22.8 Å². The number of piperidine rings is 1. The highest BCUT2D eigenvalue weighted by molar-refractivity contribution is 5.79. The molecule has 0 atom stereocenters. The highest BCUT2D eigenvalue weighted by atomic mass is 16.1. The molecule has 1 fully saturated rings. The molecule has 4 rings (SSSR count). The number of anilines is 1. The predicted molar refractivity (Wildman–Crippen MR) is 105 cm³/mol. The van der Waals surface area contributed by atoms with Gasteiger partial charge in [-0.15, -0.1) is 0 Å². The molecule has 0 radical (unpaired) electrons. The number of carbonyl (C=O) groups excluding carboxylic acids is 1.